The van der Waals surface area contributed by atoms with Crippen molar-refractivity contribution in [1.82, 2.24) is 19.5 Å². The minimum atomic E-state index is -4.70. The highest BCUT2D eigenvalue weighted by molar-refractivity contribution is 6.10. The molecule has 6 aromatic carbocycles. The predicted octanol–water partition coefficient (Wildman–Crippen LogP) is 11.5. The van der Waals surface area contributed by atoms with Gasteiger partial charge in [-0.25, -0.2) is 15.0 Å². The van der Waals surface area contributed by atoms with Gasteiger partial charge in [-0.1, -0.05) is 91.0 Å². The zero-order valence-corrected chi connectivity index (χ0v) is 27.3. The molecule has 0 bridgehead atoms. The molecule has 0 atom stereocenters. The van der Waals surface area contributed by atoms with Gasteiger partial charge in [-0.05, 0) is 59.7 Å². The maximum absolute atomic E-state index is 14.1. The Bertz CT molecular complexity index is 2570. The summed E-state index contributed by atoms with van der Waals surface area (Å²) < 4.78 is 85.8. The van der Waals surface area contributed by atoms with E-state index in [1.54, 1.807) is 42.5 Å². The molecule has 0 aliphatic carbocycles. The third-order valence-corrected chi connectivity index (χ3v) is 8.95. The molecule has 0 radical (unpaired) electrons. The fourth-order valence-electron chi connectivity index (χ4n) is 6.41. The van der Waals surface area contributed by atoms with Crippen LogP contribution in [0.1, 0.15) is 16.7 Å². The summed E-state index contributed by atoms with van der Waals surface area (Å²) in [6.45, 7) is 0. The summed E-state index contributed by atoms with van der Waals surface area (Å²) in [6, 6.07) is 38.7. The lowest BCUT2D eigenvalue weighted by Crippen LogP contribution is -2.06. The predicted molar refractivity (Wildman–Crippen MR) is 191 cm³/mol. The Morgan fingerprint density at radius 1 is 0.472 bits per heavy atom. The maximum Gasteiger partial charge on any atom is 0.416 e. The number of hydrogen-bond acceptors (Lipinski definition) is 4. The number of nitriles is 1. The van der Waals surface area contributed by atoms with Gasteiger partial charge in [-0.15, -0.1) is 0 Å². The van der Waals surface area contributed by atoms with Crippen molar-refractivity contribution in [2.45, 2.75) is 12.4 Å². The van der Waals surface area contributed by atoms with E-state index in [1.807, 2.05) is 60.7 Å². The van der Waals surface area contributed by atoms with Gasteiger partial charge in [0.1, 0.15) is 0 Å². The lowest BCUT2D eigenvalue weighted by atomic mass is 9.97. The molecule has 5 nitrogen and oxygen atoms in total. The van der Waals surface area contributed by atoms with E-state index in [0.717, 1.165) is 24.3 Å². The summed E-state index contributed by atoms with van der Waals surface area (Å²) in [6.07, 6.45) is -9.41. The SMILES string of the molecule is N#Cc1ccc(-c2ccc(-n3c4cc(C(F)(F)F)ccc4c4ccc(C(F)(F)F)cc43)cc2-c2nc(-c3ccccc3)nc(-c3ccccc3)n2)cc1. The zero-order chi connectivity index (χ0) is 36.9. The van der Waals surface area contributed by atoms with E-state index >= 15 is 0 Å². The molecular weight excluding hydrogens is 688 g/mol. The van der Waals surface area contributed by atoms with Gasteiger partial charge in [0.2, 0.25) is 0 Å². The molecule has 0 amide bonds. The molecule has 8 aromatic rings. The first-order valence-corrected chi connectivity index (χ1v) is 16.2. The highest BCUT2D eigenvalue weighted by Crippen LogP contribution is 2.41. The molecule has 258 valence electrons. The molecule has 0 spiro atoms. The van der Waals surface area contributed by atoms with Crippen LogP contribution >= 0.6 is 0 Å². The first kappa shape index (κ1) is 33.3. The van der Waals surface area contributed by atoms with Crippen LogP contribution in [-0.2, 0) is 12.4 Å². The minimum Gasteiger partial charge on any atom is -0.309 e. The van der Waals surface area contributed by atoms with Crippen LogP contribution in [0.4, 0.5) is 26.3 Å². The molecule has 0 N–H and O–H groups in total. The van der Waals surface area contributed by atoms with Crippen molar-refractivity contribution in [3.63, 3.8) is 0 Å². The maximum atomic E-state index is 14.1. The van der Waals surface area contributed by atoms with Gasteiger partial charge in [0.15, 0.2) is 17.5 Å². The zero-order valence-electron chi connectivity index (χ0n) is 27.3. The van der Waals surface area contributed by atoms with Crippen LogP contribution in [0.5, 0.6) is 0 Å². The highest BCUT2D eigenvalue weighted by Gasteiger charge is 2.33. The molecule has 11 heteroatoms. The quantitative estimate of drug-likeness (QED) is 0.167. The van der Waals surface area contributed by atoms with Crippen LogP contribution in [-0.4, -0.2) is 19.5 Å². The number of nitrogens with zero attached hydrogens (tertiary/aromatic N) is 5. The van der Waals surface area contributed by atoms with E-state index in [-0.39, 0.29) is 22.5 Å². The minimum absolute atomic E-state index is 0.0665. The van der Waals surface area contributed by atoms with Crippen molar-refractivity contribution in [3.8, 4) is 57.0 Å². The molecule has 0 fully saturated rings. The van der Waals surface area contributed by atoms with Crippen molar-refractivity contribution in [1.29, 1.82) is 5.26 Å². The average Bonchev–Trinajstić information content (AvgIpc) is 3.51. The highest BCUT2D eigenvalue weighted by atomic mass is 19.4. The number of rotatable bonds is 5. The largest absolute Gasteiger partial charge is 0.416 e. The van der Waals surface area contributed by atoms with E-state index in [4.69, 9.17) is 15.0 Å². The molecule has 2 aromatic heterocycles. The van der Waals surface area contributed by atoms with Crippen LogP contribution < -0.4 is 0 Å². The number of aromatic nitrogens is 4. The Balaban J connectivity index is 1.45. The van der Waals surface area contributed by atoms with E-state index < -0.39 is 23.5 Å². The van der Waals surface area contributed by atoms with Gasteiger partial charge >= 0.3 is 12.4 Å². The lowest BCUT2D eigenvalue weighted by molar-refractivity contribution is -0.138. The van der Waals surface area contributed by atoms with Crippen LogP contribution in [0.15, 0.2) is 140 Å². The van der Waals surface area contributed by atoms with E-state index in [9.17, 15) is 31.6 Å². The van der Waals surface area contributed by atoms with Crippen molar-refractivity contribution in [2.75, 3.05) is 0 Å². The van der Waals surface area contributed by atoms with Gasteiger partial charge in [0, 0.05) is 33.2 Å². The summed E-state index contributed by atoms with van der Waals surface area (Å²) in [5.74, 6) is 0.922. The Morgan fingerprint density at radius 2 is 0.962 bits per heavy atom. The molecule has 0 saturated carbocycles. The second kappa shape index (κ2) is 12.8. The van der Waals surface area contributed by atoms with Gasteiger partial charge in [0.25, 0.3) is 0 Å². The molecule has 2 heterocycles. The van der Waals surface area contributed by atoms with Gasteiger partial charge < -0.3 is 4.57 Å². The molecule has 0 unspecified atom stereocenters. The molecule has 0 aliphatic heterocycles. The average molecular weight is 712 g/mol. The van der Waals surface area contributed by atoms with Gasteiger partial charge in [0.05, 0.1) is 33.8 Å². The standard InChI is InChI=1S/C42H23F6N5/c43-41(44,45)29-15-18-33-34-19-16-30(42(46,47)48)22-37(34)53(36(33)21-29)31-17-20-32(26-13-11-25(24-49)12-14-26)35(23-31)40-51-38(27-7-3-1-4-8-27)50-39(52-40)28-9-5-2-6-10-28/h1-23H. The third kappa shape index (κ3) is 6.25. The molecule has 53 heavy (non-hydrogen) atoms. The summed E-state index contributed by atoms with van der Waals surface area (Å²) >= 11 is 0. The monoisotopic (exact) mass is 711 g/mol. The van der Waals surface area contributed by atoms with E-state index in [1.165, 1.54) is 16.7 Å². The van der Waals surface area contributed by atoms with E-state index in [0.29, 0.717) is 55.8 Å². The van der Waals surface area contributed by atoms with Crippen LogP contribution in [0, 0.1) is 11.3 Å². The topological polar surface area (TPSA) is 67.4 Å². The second-order valence-electron chi connectivity index (χ2n) is 12.3. The summed E-state index contributed by atoms with van der Waals surface area (Å²) in [7, 11) is 0. The molecular formula is C42H23F6N5. The smallest absolute Gasteiger partial charge is 0.309 e. The molecule has 0 saturated heterocycles. The Morgan fingerprint density at radius 3 is 1.43 bits per heavy atom. The first-order valence-electron chi connectivity index (χ1n) is 16.2. The summed E-state index contributed by atoms with van der Waals surface area (Å²) in [5, 5.41) is 10.1. The van der Waals surface area contributed by atoms with E-state index in [2.05, 4.69) is 6.07 Å². The molecule has 8 rings (SSSR count). The van der Waals surface area contributed by atoms with Crippen molar-refractivity contribution >= 4 is 21.8 Å². The number of hydrogen-bond donors (Lipinski definition) is 0. The third-order valence-electron chi connectivity index (χ3n) is 8.95. The van der Waals surface area contributed by atoms with Crippen LogP contribution in [0.25, 0.3) is 72.8 Å². The number of halogens is 6. The van der Waals surface area contributed by atoms with Gasteiger partial charge in [-0.3, -0.25) is 0 Å². The lowest BCUT2D eigenvalue weighted by Gasteiger charge is -2.16. The first-order chi connectivity index (χ1) is 25.5. The number of fused-ring (bicyclic) bond motifs is 3. The van der Waals surface area contributed by atoms with Crippen LogP contribution in [0.2, 0.25) is 0 Å². The van der Waals surface area contributed by atoms with Crippen LogP contribution in [0.3, 0.4) is 0 Å². The number of benzene rings is 6. The fourth-order valence-corrected chi connectivity index (χ4v) is 6.41. The normalized spacial score (nSPS) is 11.9. The van der Waals surface area contributed by atoms with Crippen molar-refractivity contribution in [2.24, 2.45) is 0 Å². The summed E-state index contributed by atoms with van der Waals surface area (Å²) in [5.41, 5.74) is 2.05. The van der Waals surface area contributed by atoms with Crippen molar-refractivity contribution in [3.05, 3.63) is 156 Å². The van der Waals surface area contributed by atoms with Crippen molar-refractivity contribution < 1.29 is 26.3 Å². The Hall–Kier alpha value is -6.80. The molecule has 0 aliphatic rings. The Labute approximate surface area is 298 Å². The fraction of sp³-hybridized carbons (Fsp3) is 0.0476. The Kier molecular flexibility index (Phi) is 8.03. The second-order valence-corrected chi connectivity index (χ2v) is 12.3. The van der Waals surface area contributed by atoms with Gasteiger partial charge in [-0.2, -0.15) is 31.6 Å². The number of alkyl halides is 6. The summed E-state index contributed by atoms with van der Waals surface area (Å²) in [4.78, 5) is 14.5.